The van der Waals surface area contributed by atoms with E-state index < -0.39 is 0 Å². The van der Waals surface area contributed by atoms with E-state index in [4.69, 9.17) is 0 Å². The number of piperazine rings is 1. The summed E-state index contributed by atoms with van der Waals surface area (Å²) >= 11 is 1.91. The predicted molar refractivity (Wildman–Crippen MR) is 75.8 cm³/mol. The maximum Gasteiger partial charge on any atom is 0.0235 e. The van der Waals surface area contributed by atoms with E-state index in [1.165, 1.54) is 17.0 Å². The smallest absolute Gasteiger partial charge is 0.0235 e. The molecule has 0 bridgehead atoms. The van der Waals surface area contributed by atoms with Crippen LogP contribution < -0.4 is 5.32 Å². The lowest BCUT2D eigenvalue weighted by atomic mass is 10.0. The Labute approximate surface area is 109 Å². The average molecular weight is 250 g/mol. The van der Waals surface area contributed by atoms with E-state index in [0.29, 0.717) is 6.04 Å². The van der Waals surface area contributed by atoms with Gasteiger partial charge in [-0.2, -0.15) is 0 Å². The molecule has 1 aliphatic rings. The number of benzene rings is 1. The number of rotatable bonds is 4. The first-order valence-electron chi connectivity index (χ1n) is 6.41. The number of thioether (sulfide) groups is 1. The maximum absolute atomic E-state index is 3.59. The zero-order valence-electron chi connectivity index (χ0n) is 10.8. The summed E-state index contributed by atoms with van der Waals surface area (Å²) in [6, 6.07) is 9.65. The number of nitrogens with one attached hydrogen (secondary N) is 1. The van der Waals surface area contributed by atoms with Gasteiger partial charge in [0.05, 0.1) is 0 Å². The van der Waals surface area contributed by atoms with Crippen molar-refractivity contribution in [3.8, 4) is 0 Å². The molecule has 0 aliphatic carbocycles. The third-order valence-corrected chi connectivity index (χ3v) is 4.07. The molecule has 1 aromatic rings. The second-order valence-corrected chi connectivity index (χ2v) is 6.03. The summed E-state index contributed by atoms with van der Waals surface area (Å²) in [6.45, 7) is 5.64. The zero-order chi connectivity index (χ0) is 12.1. The summed E-state index contributed by atoms with van der Waals surface area (Å²) < 4.78 is 0. The van der Waals surface area contributed by atoms with Crippen molar-refractivity contribution in [3.05, 3.63) is 29.8 Å². The molecule has 1 fully saturated rings. The Balaban J connectivity index is 1.89. The van der Waals surface area contributed by atoms with Crippen LogP contribution in [0.25, 0.3) is 0 Å². The highest BCUT2D eigenvalue weighted by molar-refractivity contribution is 7.99. The van der Waals surface area contributed by atoms with Crippen LogP contribution in [0.4, 0.5) is 0 Å². The predicted octanol–water partition coefficient (Wildman–Crippen LogP) is 2.24. The fourth-order valence-corrected chi connectivity index (χ4v) is 2.96. The van der Waals surface area contributed by atoms with E-state index in [-0.39, 0.29) is 0 Å². The molecule has 1 aromatic carbocycles. The number of hydrogen-bond donors (Lipinski definition) is 1. The molecule has 1 atom stereocenters. The number of likely N-dealkylation sites (N-methyl/N-ethyl adjacent to an activating group) is 1. The molecule has 94 valence electrons. The van der Waals surface area contributed by atoms with Gasteiger partial charge in [-0.05, 0) is 36.9 Å². The topological polar surface area (TPSA) is 15.3 Å². The third-order valence-electron chi connectivity index (χ3n) is 3.18. The van der Waals surface area contributed by atoms with Crippen LogP contribution in [0.1, 0.15) is 12.5 Å². The fourth-order valence-electron chi connectivity index (χ4n) is 2.30. The van der Waals surface area contributed by atoms with Crippen LogP contribution in [0, 0.1) is 0 Å². The maximum atomic E-state index is 3.59. The quantitative estimate of drug-likeness (QED) is 0.825. The Bertz CT molecular complexity index is 337. The van der Waals surface area contributed by atoms with Crippen molar-refractivity contribution < 1.29 is 0 Å². The van der Waals surface area contributed by atoms with Gasteiger partial charge in [-0.3, -0.25) is 0 Å². The molecule has 0 aromatic heterocycles. The summed E-state index contributed by atoms with van der Waals surface area (Å²) in [6.07, 6.45) is 1.14. The SMILES string of the molecule is CCSc1ccc(CC2CN(C)CCN2)cc1. The van der Waals surface area contributed by atoms with Crippen LogP contribution in [-0.2, 0) is 6.42 Å². The highest BCUT2D eigenvalue weighted by atomic mass is 32.2. The number of hydrogen-bond acceptors (Lipinski definition) is 3. The molecule has 0 spiro atoms. The van der Waals surface area contributed by atoms with Crippen LogP contribution in [-0.4, -0.2) is 43.4 Å². The Morgan fingerprint density at radius 2 is 2.12 bits per heavy atom. The second kappa shape index (κ2) is 6.43. The summed E-state index contributed by atoms with van der Waals surface area (Å²) in [4.78, 5) is 3.78. The average Bonchev–Trinajstić information content (AvgIpc) is 2.32. The molecule has 2 nitrogen and oxygen atoms in total. The van der Waals surface area contributed by atoms with Gasteiger partial charge in [0.2, 0.25) is 0 Å². The summed E-state index contributed by atoms with van der Waals surface area (Å²) in [5.41, 5.74) is 1.44. The molecule has 3 heteroatoms. The van der Waals surface area contributed by atoms with Crippen molar-refractivity contribution in [3.63, 3.8) is 0 Å². The zero-order valence-corrected chi connectivity index (χ0v) is 11.6. The molecule has 1 unspecified atom stereocenters. The van der Waals surface area contributed by atoms with Crippen molar-refractivity contribution >= 4 is 11.8 Å². The highest BCUT2D eigenvalue weighted by Crippen LogP contribution is 2.18. The van der Waals surface area contributed by atoms with E-state index in [0.717, 1.165) is 25.3 Å². The van der Waals surface area contributed by atoms with Crippen molar-refractivity contribution in [2.45, 2.75) is 24.3 Å². The Kier molecular flexibility index (Phi) is 4.89. The molecule has 1 heterocycles. The number of nitrogens with zero attached hydrogens (tertiary/aromatic N) is 1. The Hall–Kier alpha value is -0.510. The molecular weight excluding hydrogens is 228 g/mol. The standard InChI is InChI=1S/C14H22N2S/c1-3-17-14-6-4-12(5-7-14)10-13-11-16(2)9-8-15-13/h4-7,13,15H,3,8-11H2,1-2H3. The third kappa shape index (κ3) is 4.02. The van der Waals surface area contributed by atoms with Crippen LogP contribution in [0.3, 0.4) is 0 Å². The monoisotopic (exact) mass is 250 g/mol. The Morgan fingerprint density at radius 3 is 2.76 bits per heavy atom. The van der Waals surface area contributed by atoms with Crippen molar-refractivity contribution in [1.29, 1.82) is 0 Å². The van der Waals surface area contributed by atoms with Gasteiger partial charge in [0, 0.05) is 30.6 Å². The van der Waals surface area contributed by atoms with Gasteiger partial charge in [0.15, 0.2) is 0 Å². The van der Waals surface area contributed by atoms with Gasteiger partial charge in [-0.15, -0.1) is 11.8 Å². The second-order valence-electron chi connectivity index (χ2n) is 4.69. The minimum absolute atomic E-state index is 0.610. The summed E-state index contributed by atoms with van der Waals surface area (Å²) in [5, 5.41) is 3.59. The molecule has 0 amide bonds. The summed E-state index contributed by atoms with van der Waals surface area (Å²) in [5.74, 6) is 1.15. The lowest BCUT2D eigenvalue weighted by Crippen LogP contribution is -2.49. The van der Waals surface area contributed by atoms with E-state index in [9.17, 15) is 0 Å². The molecule has 0 radical (unpaired) electrons. The van der Waals surface area contributed by atoms with Gasteiger partial charge in [0.1, 0.15) is 0 Å². The van der Waals surface area contributed by atoms with Gasteiger partial charge in [-0.25, -0.2) is 0 Å². The first kappa shape index (κ1) is 12.9. The van der Waals surface area contributed by atoms with Gasteiger partial charge >= 0.3 is 0 Å². The van der Waals surface area contributed by atoms with E-state index in [2.05, 4.69) is 48.5 Å². The largest absolute Gasteiger partial charge is 0.311 e. The van der Waals surface area contributed by atoms with Crippen molar-refractivity contribution in [1.82, 2.24) is 10.2 Å². The van der Waals surface area contributed by atoms with Crippen LogP contribution >= 0.6 is 11.8 Å². The van der Waals surface area contributed by atoms with Crippen molar-refractivity contribution in [2.75, 3.05) is 32.4 Å². The Morgan fingerprint density at radius 1 is 1.35 bits per heavy atom. The van der Waals surface area contributed by atoms with E-state index in [1.54, 1.807) is 0 Å². The lowest BCUT2D eigenvalue weighted by molar-refractivity contribution is 0.238. The van der Waals surface area contributed by atoms with E-state index in [1.807, 2.05) is 11.8 Å². The van der Waals surface area contributed by atoms with Crippen LogP contribution in [0.5, 0.6) is 0 Å². The first-order valence-corrected chi connectivity index (χ1v) is 7.40. The molecule has 0 saturated carbocycles. The molecular formula is C14H22N2S. The highest BCUT2D eigenvalue weighted by Gasteiger charge is 2.16. The molecule has 2 rings (SSSR count). The molecule has 1 aliphatic heterocycles. The molecule has 1 saturated heterocycles. The minimum atomic E-state index is 0.610. The molecule has 1 N–H and O–H groups in total. The fraction of sp³-hybridized carbons (Fsp3) is 0.571. The van der Waals surface area contributed by atoms with Crippen molar-refractivity contribution in [2.24, 2.45) is 0 Å². The van der Waals surface area contributed by atoms with Gasteiger partial charge in [-0.1, -0.05) is 19.1 Å². The van der Waals surface area contributed by atoms with Gasteiger partial charge < -0.3 is 10.2 Å². The minimum Gasteiger partial charge on any atom is -0.311 e. The van der Waals surface area contributed by atoms with E-state index >= 15 is 0 Å². The normalized spacial score (nSPS) is 21.6. The van der Waals surface area contributed by atoms with Crippen LogP contribution in [0.15, 0.2) is 29.2 Å². The first-order chi connectivity index (χ1) is 8.28. The lowest BCUT2D eigenvalue weighted by Gasteiger charge is -2.31. The van der Waals surface area contributed by atoms with Crippen LogP contribution in [0.2, 0.25) is 0 Å². The summed E-state index contributed by atoms with van der Waals surface area (Å²) in [7, 11) is 2.20. The molecule has 17 heavy (non-hydrogen) atoms. The van der Waals surface area contributed by atoms with Gasteiger partial charge in [0.25, 0.3) is 0 Å².